The van der Waals surface area contributed by atoms with Crippen LogP contribution in [0.2, 0.25) is 0 Å². The summed E-state index contributed by atoms with van der Waals surface area (Å²) < 4.78 is 14.0. The molecule has 0 radical (unpaired) electrons. The lowest BCUT2D eigenvalue weighted by Gasteiger charge is -2.39. The molecule has 1 aromatic heterocycles. The van der Waals surface area contributed by atoms with Crippen LogP contribution in [0.4, 0.5) is 4.39 Å². The SMILES string of the molecule is O=C(CN1CCc2sccc2C1c1cccc(F)c1)N1CCN(C(=O)C2CCCC2)CC1. The molecule has 1 aromatic carbocycles. The molecule has 1 unspecified atom stereocenters. The Morgan fingerprint density at radius 1 is 1.00 bits per heavy atom. The molecular formula is C25H30FN3O2S. The summed E-state index contributed by atoms with van der Waals surface area (Å²) in [5, 5.41) is 2.09. The molecule has 3 aliphatic rings. The molecule has 2 aromatic rings. The molecule has 0 spiro atoms. The lowest BCUT2D eigenvalue weighted by molar-refractivity contribution is -0.142. The maximum Gasteiger partial charge on any atom is 0.236 e. The van der Waals surface area contributed by atoms with E-state index >= 15 is 0 Å². The van der Waals surface area contributed by atoms with Crippen LogP contribution in [-0.2, 0) is 16.0 Å². The molecule has 2 amide bonds. The second kappa shape index (κ2) is 9.32. The number of carbonyl (C=O) groups excluding carboxylic acids is 2. The first-order chi connectivity index (χ1) is 15.6. The van der Waals surface area contributed by atoms with Gasteiger partial charge in [0.05, 0.1) is 12.6 Å². The number of carbonyl (C=O) groups is 2. The van der Waals surface area contributed by atoms with E-state index in [1.165, 1.54) is 16.5 Å². The smallest absolute Gasteiger partial charge is 0.236 e. The average Bonchev–Trinajstić information content (AvgIpc) is 3.51. The number of nitrogens with zero attached hydrogens (tertiary/aromatic N) is 3. The minimum atomic E-state index is -0.251. The van der Waals surface area contributed by atoms with Crippen molar-refractivity contribution in [2.75, 3.05) is 39.3 Å². The van der Waals surface area contributed by atoms with Crippen molar-refractivity contribution in [2.24, 2.45) is 5.92 Å². The maximum absolute atomic E-state index is 14.0. The lowest BCUT2D eigenvalue weighted by atomic mass is 9.93. The van der Waals surface area contributed by atoms with Gasteiger partial charge in [-0.05, 0) is 54.0 Å². The molecular weight excluding hydrogens is 425 g/mol. The molecule has 3 heterocycles. The van der Waals surface area contributed by atoms with Crippen LogP contribution in [0.25, 0.3) is 0 Å². The Balaban J connectivity index is 1.25. The van der Waals surface area contributed by atoms with Gasteiger partial charge in [-0.2, -0.15) is 0 Å². The summed E-state index contributed by atoms with van der Waals surface area (Å²) >= 11 is 1.74. The fraction of sp³-hybridized carbons (Fsp3) is 0.520. The number of thiophene rings is 1. The number of hydrogen-bond donors (Lipinski definition) is 0. The van der Waals surface area contributed by atoms with Gasteiger partial charge in [-0.1, -0.05) is 25.0 Å². The topological polar surface area (TPSA) is 43.9 Å². The fourth-order valence-corrected chi connectivity index (χ4v) is 6.39. The van der Waals surface area contributed by atoms with Gasteiger partial charge in [0, 0.05) is 43.5 Å². The van der Waals surface area contributed by atoms with E-state index in [-0.39, 0.29) is 29.6 Å². The van der Waals surface area contributed by atoms with E-state index in [9.17, 15) is 14.0 Å². The molecule has 1 aliphatic carbocycles. The van der Waals surface area contributed by atoms with Crippen molar-refractivity contribution in [1.82, 2.24) is 14.7 Å². The first-order valence-corrected chi connectivity index (χ1v) is 12.6. The van der Waals surface area contributed by atoms with Gasteiger partial charge < -0.3 is 9.80 Å². The Morgan fingerprint density at radius 3 is 2.50 bits per heavy atom. The number of hydrogen-bond acceptors (Lipinski definition) is 4. The van der Waals surface area contributed by atoms with E-state index in [2.05, 4.69) is 16.3 Å². The largest absolute Gasteiger partial charge is 0.339 e. The Hall–Kier alpha value is -2.25. The summed E-state index contributed by atoms with van der Waals surface area (Å²) in [6.07, 6.45) is 5.25. The number of piperazine rings is 1. The number of benzene rings is 1. The van der Waals surface area contributed by atoms with Crippen LogP contribution in [0, 0.1) is 11.7 Å². The molecule has 5 rings (SSSR count). The molecule has 0 bridgehead atoms. The van der Waals surface area contributed by atoms with E-state index < -0.39 is 0 Å². The molecule has 5 nitrogen and oxygen atoms in total. The van der Waals surface area contributed by atoms with Crippen LogP contribution < -0.4 is 0 Å². The Kier molecular flexibility index (Phi) is 6.28. The van der Waals surface area contributed by atoms with Gasteiger partial charge >= 0.3 is 0 Å². The quantitative estimate of drug-likeness (QED) is 0.706. The predicted octanol–water partition coefficient (Wildman–Crippen LogP) is 3.70. The summed E-state index contributed by atoms with van der Waals surface area (Å²) in [5.74, 6) is 0.316. The van der Waals surface area contributed by atoms with Gasteiger partial charge in [0.1, 0.15) is 5.82 Å². The third-order valence-electron chi connectivity index (χ3n) is 7.22. The van der Waals surface area contributed by atoms with Gasteiger partial charge in [0.15, 0.2) is 0 Å². The van der Waals surface area contributed by atoms with Crippen LogP contribution in [0.5, 0.6) is 0 Å². The number of amides is 2. The number of rotatable bonds is 4. The van der Waals surface area contributed by atoms with Crippen molar-refractivity contribution < 1.29 is 14.0 Å². The Bertz CT molecular complexity index is 979. The highest BCUT2D eigenvalue weighted by atomic mass is 32.1. The van der Waals surface area contributed by atoms with Crippen LogP contribution >= 0.6 is 11.3 Å². The van der Waals surface area contributed by atoms with E-state index in [1.54, 1.807) is 23.5 Å². The van der Waals surface area contributed by atoms with Crippen molar-refractivity contribution in [1.29, 1.82) is 0 Å². The summed E-state index contributed by atoms with van der Waals surface area (Å²) in [6.45, 7) is 3.54. The molecule has 2 fully saturated rings. The molecule has 32 heavy (non-hydrogen) atoms. The minimum absolute atomic E-state index is 0.0954. The first-order valence-electron chi connectivity index (χ1n) is 11.7. The van der Waals surface area contributed by atoms with Gasteiger partial charge in [-0.15, -0.1) is 11.3 Å². The molecule has 0 N–H and O–H groups in total. The van der Waals surface area contributed by atoms with Crippen molar-refractivity contribution in [3.8, 4) is 0 Å². The molecule has 7 heteroatoms. The molecule has 1 saturated heterocycles. The summed E-state index contributed by atoms with van der Waals surface area (Å²) in [4.78, 5) is 33.2. The predicted molar refractivity (Wildman–Crippen MR) is 123 cm³/mol. The van der Waals surface area contributed by atoms with Gasteiger partial charge in [0.25, 0.3) is 0 Å². The van der Waals surface area contributed by atoms with Crippen LogP contribution in [0.1, 0.15) is 47.7 Å². The maximum atomic E-state index is 14.0. The third kappa shape index (κ3) is 4.33. The van der Waals surface area contributed by atoms with E-state index in [0.717, 1.165) is 44.2 Å². The molecule has 1 saturated carbocycles. The number of halogens is 1. The van der Waals surface area contributed by atoms with Crippen molar-refractivity contribution in [3.05, 3.63) is 57.5 Å². The molecule has 2 aliphatic heterocycles. The van der Waals surface area contributed by atoms with E-state index in [1.807, 2.05) is 15.9 Å². The van der Waals surface area contributed by atoms with Crippen LogP contribution in [0.3, 0.4) is 0 Å². The lowest BCUT2D eigenvalue weighted by Crippen LogP contribution is -2.54. The summed E-state index contributed by atoms with van der Waals surface area (Å²) in [6, 6.07) is 8.75. The Labute approximate surface area is 192 Å². The van der Waals surface area contributed by atoms with E-state index in [0.29, 0.717) is 32.7 Å². The van der Waals surface area contributed by atoms with Crippen molar-refractivity contribution >= 4 is 23.2 Å². The summed E-state index contributed by atoms with van der Waals surface area (Å²) in [7, 11) is 0. The van der Waals surface area contributed by atoms with Gasteiger partial charge in [-0.3, -0.25) is 14.5 Å². The highest BCUT2D eigenvalue weighted by molar-refractivity contribution is 7.10. The first kappa shape index (κ1) is 21.6. The average molecular weight is 456 g/mol. The summed E-state index contributed by atoms with van der Waals surface area (Å²) in [5.41, 5.74) is 2.08. The minimum Gasteiger partial charge on any atom is -0.339 e. The van der Waals surface area contributed by atoms with Gasteiger partial charge in [0.2, 0.25) is 11.8 Å². The zero-order valence-corrected chi connectivity index (χ0v) is 19.2. The second-order valence-corrected chi connectivity index (χ2v) is 10.2. The molecule has 1 atom stereocenters. The van der Waals surface area contributed by atoms with Crippen LogP contribution in [0.15, 0.2) is 35.7 Å². The highest BCUT2D eigenvalue weighted by Gasteiger charge is 2.34. The van der Waals surface area contributed by atoms with E-state index in [4.69, 9.17) is 0 Å². The highest BCUT2D eigenvalue weighted by Crippen LogP contribution is 2.37. The van der Waals surface area contributed by atoms with Crippen molar-refractivity contribution in [2.45, 2.75) is 38.1 Å². The third-order valence-corrected chi connectivity index (χ3v) is 8.21. The second-order valence-electron chi connectivity index (χ2n) is 9.16. The monoisotopic (exact) mass is 455 g/mol. The fourth-order valence-electron chi connectivity index (χ4n) is 5.49. The molecule has 170 valence electrons. The number of fused-ring (bicyclic) bond motifs is 1. The zero-order valence-electron chi connectivity index (χ0n) is 18.3. The standard InChI is InChI=1S/C25H30FN3O2S/c26-20-7-3-6-19(16-20)24-21-9-15-32-22(21)8-10-29(24)17-23(30)27-11-13-28(14-12-27)25(31)18-4-1-2-5-18/h3,6-7,9,15-16,18,24H,1-2,4-5,8,10-14,17H2. The van der Waals surface area contributed by atoms with Gasteiger partial charge in [-0.25, -0.2) is 4.39 Å². The Morgan fingerprint density at radius 2 is 1.75 bits per heavy atom. The van der Waals surface area contributed by atoms with Crippen LogP contribution in [-0.4, -0.2) is 65.8 Å². The zero-order chi connectivity index (χ0) is 22.1. The normalized spacial score (nSPS) is 22.2. The van der Waals surface area contributed by atoms with Crippen molar-refractivity contribution in [3.63, 3.8) is 0 Å².